The molecule has 2 rings (SSSR count). The van der Waals surface area contributed by atoms with E-state index in [9.17, 15) is 10.2 Å². The summed E-state index contributed by atoms with van der Waals surface area (Å²) in [4.78, 5) is 0. The molecule has 1 aromatic rings. The van der Waals surface area contributed by atoms with Gasteiger partial charge in [0, 0.05) is 24.3 Å². The largest absolute Gasteiger partial charge is 0.504 e. The fourth-order valence-corrected chi connectivity index (χ4v) is 3.15. The first kappa shape index (κ1) is 17.1. The molecule has 0 heterocycles. The van der Waals surface area contributed by atoms with Crippen LogP contribution in [0.3, 0.4) is 0 Å². The fourth-order valence-electron chi connectivity index (χ4n) is 3.15. The summed E-state index contributed by atoms with van der Waals surface area (Å²) < 4.78 is 5.65. The van der Waals surface area contributed by atoms with Crippen LogP contribution in [0.4, 0.5) is 0 Å². The highest BCUT2D eigenvalue weighted by Gasteiger charge is 2.23. The number of fused-ring (bicyclic) bond motifs is 1. The van der Waals surface area contributed by atoms with Gasteiger partial charge in [-0.05, 0) is 57.6 Å². The van der Waals surface area contributed by atoms with E-state index in [1.54, 1.807) is 6.07 Å². The van der Waals surface area contributed by atoms with Crippen molar-refractivity contribution in [3.63, 3.8) is 0 Å². The highest BCUT2D eigenvalue weighted by molar-refractivity contribution is 5.50. The molecule has 1 aromatic carbocycles. The molecule has 0 aromatic heterocycles. The first-order valence-corrected chi connectivity index (χ1v) is 8.41. The van der Waals surface area contributed by atoms with Crippen LogP contribution in [0.25, 0.3) is 0 Å². The third kappa shape index (κ3) is 4.37. The van der Waals surface area contributed by atoms with Gasteiger partial charge in [-0.25, -0.2) is 0 Å². The van der Waals surface area contributed by atoms with Crippen molar-refractivity contribution < 1.29 is 14.9 Å². The van der Waals surface area contributed by atoms with Crippen LogP contribution in [0.15, 0.2) is 12.1 Å². The van der Waals surface area contributed by atoms with Crippen molar-refractivity contribution in [1.29, 1.82) is 0 Å². The van der Waals surface area contributed by atoms with E-state index in [2.05, 4.69) is 26.1 Å². The first-order chi connectivity index (χ1) is 10.5. The molecule has 1 aliphatic carbocycles. The lowest BCUT2D eigenvalue weighted by Crippen LogP contribution is -2.42. The number of phenolic OH excluding ortho intramolecular Hbond substituents is 2. The van der Waals surface area contributed by atoms with Gasteiger partial charge in [0.1, 0.15) is 0 Å². The smallest absolute Gasteiger partial charge is 0.160 e. The molecule has 2 atom stereocenters. The summed E-state index contributed by atoms with van der Waals surface area (Å²) in [5.41, 5.74) is 2.06. The average Bonchev–Trinajstić information content (AvgIpc) is 2.49. The molecule has 0 saturated heterocycles. The van der Waals surface area contributed by atoms with Crippen LogP contribution in [-0.4, -0.2) is 35.0 Å². The summed E-state index contributed by atoms with van der Waals surface area (Å²) in [6.45, 7) is 7.12. The maximum Gasteiger partial charge on any atom is 0.160 e. The Bertz CT molecular complexity index is 487. The minimum atomic E-state index is -0.0116. The van der Waals surface area contributed by atoms with Crippen molar-refractivity contribution in [3.8, 4) is 11.5 Å². The quantitative estimate of drug-likeness (QED) is 0.677. The number of aromatic hydroxyl groups is 2. The number of hydrogen-bond acceptors (Lipinski definition) is 4. The van der Waals surface area contributed by atoms with E-state index in [1.165, 1.54) is 0 Å². The van der Waals surface area contributed by atoms with Crippen LogP contribution in [0.1, 0.15) is 51.2 Å². The van der Waals surface area contributed by atoms with Crippen LogP contribution >= 0.6 is 0 Å². The molecular formula is C18H29NO3. The van der Waals surface area contributed by atoms with Crippen LogP contribution in [0, 0.1) is 0 Å². The number of phenols is 2. The third-order valence-electron chi connectivity index (χ3n) is 4.45. The summed E-state index contributed by atoms with van der Waals surface area (Å²) in [5.74, 6) is 0.0516. The lowest BCUT2D eigenvalue weighted by Gasteiger charge is -2.30. The zero-order valence-electron chi connectivity index (χ0n) is 13.9. The van der Waals surface area contributed by atoms with Gasteiger partial charge in [0.15, 0.2) is 11.5 Å². The Morgan fingerprint density at radius 3 is 2.77 bits per heavy atom. The van der Waals surface area contributed by atoms with Gasteiger partial charge in [0.25, 0.3) is 0 Å². The number of rotatable bonds is 7. The highest BCUT2D eigenvalue weighted by atomic mass is 16.5. The molecule has 0 bridgehead atoms. The Morgan fingerprint density at radius 1 is 1.32 bits per heavy atom. The molecule has 22 heavy (non-hydrogen) atoms. The third-order valence-corrected chi connectivity index (χ3v) is 4.45. The lowest BCUT2D eigenvalue weighted by atomic mass is 9.87. The second-order valence-corrected chi connectivity index (χ2v) is 6.49. The van der Waals surface area contributed by atoms with Gasteiger partial charge in [-0.2, -0.15) is 0 Å². The summed E-state index contributed by atoms with van der Waals surface area (Å²) in [5, 5.41) is 23.3. The Hall–Kier alpha value is -1.26. The summed E-state index contributed by atoms with van der Waals surface area (Å²) in [6, 6.07) is 4.42. The second-order valence-electron chi connectivity index (χ2n) is 6.49. The Balaban J connectivity index is 1.90. The van der Waals surface area contributed by atoms with Crippen molar-refractivity contribution in [1.82, 2.24) is 5.32 Å². The SMILES string of the molecule is CCC(CCOC(C)C)NC1CCc2c(ccc(O)c2O)C1. The van der Waals surface area contributed by atoms with E-state index in [1.807, 2.05) is 6.07 Å². The van der Waals surface area contributed by atoms with Crippen molar-refractivity contribution in [2.75, 3.05) is 6.61 Å². The number of ether oxygens (including phenoxy) is 1. The van der Waals surface area contributed by atoms with E-state index in [0.717, 1.165) is 49.8 Å². The van der Waals surface area contributed by atoms with Crippen molar-refractivity contribution >= 4 is 0 Å². The van der Waals surface area contributed by atoms with Crippen LogP contribution < -0.4 is 5.32 Å². The molecule has 0 fully saturated rings. The normalized spacial score (nSPS) is 19.2. The van der Waals surface area contributed by atoms with Crippen molar-refractivity contribution in [2.24, 2.45) is 0 Å². The van der Waals surface area contributed by atoms with Gasteiger partial charge in [-0.3, -0.25) is 0 Å². The molecule has 3 N–H and O–H groups in total. The molecule has 0 radical (unpaired) electrons. The first-order valence-electron chi connectivity index (χ1n) is 8.41. The number of nitrogens with one attached hydrogen (secondary N) is 1. The van der Waals surface area contributed by atoms with Gasteiger partial charge in [0.2, 0.25) is 0 Å². The van der Waals surface area contributed by atoms with Gasteiger partial charge >= 0.3 is 0 Å². The number of benzene rings is 1. The minimum absolute atomic E-state index is 0.0116. The van der Waals surface area contributed by atoms with Crippen molar-refractivity contribution in [3.05, 3.63) is 23.3 Å². The summed E-state index contributed by atoms with van der Waals surface area (Å²) in [7, 11) is 0. The van der Waals surface area contributed by atoms with Crippen LogP contribution in [0.5, 0.6) is 11.5 Å². The summed E-state index contributed by atoms with van der Waals surface area (Å²) in [6.07, 6.45) is 5.11. The molecule has 124 valence electrons. The van der Waals surface area contributed by atoms with E-state index in [4.69, 9.17) is 4.74 Å². The van der Waals surface area contributed by atoms with Crippen molar-refractivity contribution in [2.45, 2.75) is 71.1 Å². The minimum Gasteiger partial charge on any atom is -0.504 e. The maximum atomic E-state index is 9.94. The molecule has 2 unspecified atom stereocenters. The maximum absolute atomic E-state index is 9.94. The lowest BCUT2D eigenvalue weighted by molar-refractivity contribution is 0.0702. The fraction of sp³-hybridized carbons (Fsp3) is 0.667. The van der Waals surface area contributed by atoms with Gasteiger partial charge in [-0.15, -0.1) is 0 Å². The van der Waals surface area contributed by atoms with E-state index in [-0.39, 0.29) is 17.6 Å². The zero-order chi connectivity index (χ0) is 16.1. The number of hydrogen-bond donors (Lipinski definition) is 3. The van der Waals surface area contributed by atoms with E-state index >= 15 is 0 Å². The highest BCUT2D eigenvalue weighted by Crippen LogP contribution is 2.35. The predicted octanol–water partition coefficient (Wildman–Crippen LogP) is 3.14. The molecule has 4 nitrogen and oxygen atoms in total. The molecule has 0 aliphatic heterocycles. The van der Waals surface area contributed by atoms with Crippen LogP contribution in [-0.2, 0) is 17.6 Å². The van der Waals surface area contributed by atoms with Gasteiger partial charge in [-0.1, -0.05) is 13.0 Å². The predicted molar refractivity (Wildman–Crippen MR) is 88.5 cm³/mol. The Labute approximate surface area is 133 Å². The molecule has 0 saturated carbocycles. The molecular weight excluding hydrogens is 278 g/mol. The molecule has 4 heteroatoms. The molecule has 1 aliphatic rings. The standard InChI is InChI=1S/C18H29NO3/c1-4-14(9-10-22-12(2)3)19-15-6-7-16-13(11-15)5-8-17(20)18(16)21/h5,8,12,14-15,19-21H,4,6-7,9-11H2,1-3H3. The molecule has 0 amide bonds. The van der Waals surface area contributed by atoms with Gasteiger partial charge < -0.3 is 20.3 Å². The zero-order valence-corrected chi connectivity index (χ0v) is 13.9. The second kappa shape index (κ2) is 7.84. The van der Waals surface area contributed by atoms with Crippen LogP contribution in [0.2, 0.25) is 0 Å². The Kier molecular flexibility index (Phi) is 6.09. The topological polar surface area (TPSA) is 61.7 Å². The van der Waals surface area contributed by atoms with E-state index in [0.29, 0.717) is 12.1 Å². The summed E-state index contributed by atoms with van der Waals surface area (Å²) >= 11 is 0. The van der Waals surface area contributed by atoms with E-state index < -0.39 is 0 Å². The van der Waals surface area contributed by atoms with Gasteiger partial charge in [0.05, 0.1) is 6.10 Å². The monoisotopic (exact) mass is 307 g/mol. The average molecular weight is 307 g/mol. The molecule has 0 spiro atoms. The Morgan fingerprint density at radius 2 is 2.09 bits per heavy atom.